The Balaban J connectivity index is 1.47. The summed E-state index contributed by atoms with van der Waals surface area (Å²) in [7, 11) is 0. The number of hydrogen-bond donors (Lipinski definition) is 3. The molecule has 2 saturated heterocycles. The fourth-order valence-electron chi connectivity index (χ4n) is 5.07. The molecule has 3 N–H and O–H groups in total. The van der Waals surface area contributed by atoms with Gasteiger partial charge < -0.3 is 35.0 Å². The van der Waals surface area contributed by atoms with Gasteiger partial charge in [0.05, 0.1) is 13.2 Å². The molecule has 0 radical (unpaired) electrons. The second-order valence-corrected chi connectivity index (χ2v) is 11.0. The Morgan fingerprint density at radius 3 is 2.43 bits per heavy atom. The van der Waals surface area contributed by atoms with Crippen molar-refractivity contribution in [2.24, 2.45) is 5.92 Å². The van der Waals surface area contributed by atoms with Crippen LogP contribution in [0.15, 0.2) is 36.4 Å². The van der Waals surface area contributed by atoms with Crippen molar-refractivity contribution in [3.8, 4) is 17.3 Å². The van der Waals surface area contributed by atoms with Gasteiger partial charge in [-0.05, 0) is 44.7 Å². The van der Waals surface area contributed by atoms with Gasteiger partial charge in [-0.3, -0.25) is 14.4 Å². The lowest BCUT2D eigenvalue weighted by Gasteiger charge is -2.36. The van der Waals surface area contributed by atoms with E-state index in [1.165, 1.54) is 11.0 Å². The largest absolute Gasteiger partial charge is 0.481 e. The average Bonchev–Trinajstić information content (AvgIpc) is 3.06. The number of amides is 3. The molecule has 3 amide bonds. The monoisotopic (exact) mass is 610 g/mol. The van der Waals surface area contributed by atoms with Crippen LogP contribution < -0.4 is 15.4 Å². The molecule has 2 aliphatic heterocycles. The van der Waals surface area contributed by atoms with Crippen molar-refractivity contribution in [3.63, 3.8) is 0 Å². The van der Waals surface area contributed by atoms with Crippen LogP contribution in [0.2, 0.25) is 0 Å². The maximum atomic E-state index is 13.5. The molecular formula is C31H42N6O7. The third-order valence-corrected chi connectivity index (χ3v) is 7.72. The fraction of sp³-hybridized carbons (Fsp3) is 0.548. The molecule has 0 spiro atoms. The number of ether oxygens (including phenoxy) is 2. The number of aromatic nitrogens is 2. The van der Waals surface area contributed by atoms with E-state index in [0.717, 1.165) is 38.8 Å². The van der Waals surface area contributed by atoms with Crippen molar-refractivity contribution in [1.29, 1.82) is 0 Å². The van der Waals surface area contributed by atoms with E-state index in [-0.39, 0.29) is 50.6 Å². The Labute approximate surface area is 257 Å². The minimum atomic E-state index is -1.10. The Hall–Kier alpha value is -4.26. The van der Waals surface area contributed by atoms with E-state index in [2.05, 4.69) is 20.6 Å². The van der Waals surface area contributed by atoms with Gasteiger partial charge in [0.1, 0.15) is 11.7 Å². The Kier molecular flexibility index (Phi) is 12.3. The van der Waals surface area contributed by atoms with Crippen LogP contribution in [-0.4, -0.2) is 107 Å². The van der Waals surface area contributed by atoms with Gasteiger partial charge in [0.15, 0.2) is 5.82 Å². The van der Waals surface area contributed by atoms with Gasteiger partial charge in [-0.15, -0.1) is 0 Å². The molecule has 0 aliphatic carbocycles. The van der Waals surface area contributed by atoms with Gasteiger partial charge in [-0.1, -0.05) is 43.7 Å². The summed E-state index contributed by atoms with van der Waals surface area (Å²) in [4.78, 5) is 62.8. The third kappa shape index (κ3) is 9.63. The first kappa shape index (κ1) is 32.6. The molecular weight excluding hydrogens is 568 g/mol. The number of carboxylic acid groups (broad SMARTS) is 1. The highest BCUT2D eigenvalue weighted by atomic mass is 16.6. The zero-order valence-corrected chi connectivity index (χ0v) is 25.2. The summed E-state index contributed by atoms with van der Waals surface area (Å²) in [5, 5.41) is 15.4. The van der Waals surface area contributed by atoms with E-state index in [9.17, 15) is 24.3 Å². The highest BCUT2D eigenvalue weighted by Gasteiger charge is 2.31. The number of carbonyl (C=O) groups is 4. The summed E-state index contributed by atoms with van der Waals surface area (Å²) in [6.45, 7) is 5.68. The predicted octanol–water partition coefficient (Wildman–Crippen LogP) is 2.57. The van der Waals surface area contributed by atoms with E-state index in [4.69, 9.17) is 9.47 Å². The van der Waals surface area contributed by atoms with Crippen LogP contribution in [-0.2, 0) is 14.3 Å². The molecule has 0 bridgehead atoms. The molecule has 2 aromatic rings. The average molecular weight is 611 g/mol. The van der Waals surface area contributed by atoms with Gasteiger partial charge in [0.25, 0.3) is 5.91 Å². The summed E-state index contributed by atoms with van der Waals surface area (Å²) < 4.78 is 11.3. The number of piperidine rings is 1. The van der Waals surface area contributed by atoms with Gasteiger partial charge in [0, 0.05) is 44.2 Å². The second-order valence-electron chi connectivity index (χ2n) is 11.0. The molecule has 2 fully saturated rings. The van der Waals surface area contributed by atoms with Crippen LogP contribution in [0.25, 0.3) is 11.4 Å². The van der Waals surface area contributed by atoms with Gasteiger partial charge >= 0.3 is 12.1 Å². The van der Waals surface area contributed by atoms with E-state index in [1.54, 1.807) is 4.90 Å². The zero-order chi connectivity index (χ0) is 31.3. The molecule has 3 heterocycles. The molecule has 0 unspecified atom stereocenters. The van der Waals surface area contributed by atoms with Crippen LogP contribution in [0.4, 0.5) is 4.79 Å². The lowest BCUT2D eigenvalue weighted by atomic mass is 9.99. The Morgan fingerprint density at radius 1 is 1.05 bits per heavy atom. The number of rotatable bonds is 13. The lowest BCUT2D eigenvalue weighted by molar-refractivity contribution is -0.138. The van der Waals surface area contributed by atoms with Gasteiger partial charge in [0.2, 0.25) is 11.8 Å². The minimum absolute atomic E-state index is 0.00642. The molecule has 4 rings (SSSR count). The number of unbranched alkanes of at least 4 members (excludes halogenated alkanes) is 1. The number of nitrogens with one attached hydrogen (secondary N) is 2. The molecule has 1 atom stereocenters. The van der Waals surface area contributed by atoms with Crippen molar-refractivity contribution in [3.05, 3.63) is 42.1 Å². The first-order valence-corrected chi connectivity index (χ1v) is 15.3. The van der Waals surface area contributed by atoms with Crippen LogP contribution in [0, 0.1) is 5.92 Å². The molecule has 13 nitrogen and oxygen atoms in total. The minimum Gasteiger partial charge on any atom is -0.481 e. The molecule has 44 heavy (non-hydrogen) atoms. The van der Waals surface area contributed by atoms with Crippen molar-refractivity contribution >= 4 is 23.9 Å². The topological polar surface area (TPSA) is 163 Å². The zero-order valence-electron chi connectivity index (χ0n) is 25.2. The van der Waals surface area contributed by atoms with Gasteiger partial charge in [-0.2, -0.15) is 4.98 Å². The standard InChI is InChI=1S/C31H42N6O7/c1-2-3-19-43-31(42)37-17-15-36(16-18-37)30(41)24(9-10-27(38)39)34-29(40)25-20-26(44-21-22-11-13-32-14-12-22)35-28(33-25)23-7-5-4-6-8-23/h4-8,20,22,24,32H,2-3,9-19,21H2,1H3,(H,34,40)(H,38,39)/t24-/m0/s1. The summed E-state index contributed by atoms with van der Waals surface area (Å²) in [5.74, 6) is -1.23. The predicted molar refractivity (Wildman–Crippen MR) is 161 cm³/mol. The Morgan fingerprint density at radius 2 is 1.75 bits per heavy atom. The maximum Gasteiger partial charge on any atom is 0.409 e. The first-order valence-electron chi connectivity index (χ1n) is 15.3. The summed E-state index contributed by atoms with van der Waals surface area (Å²) in [5.41, 5.74) is 0.699. The highest BCUT2D eigenvalue weighted by Crippen LogP contribution is 2.21. The number of carbonyl (C=O) groups excluding carboxylic acids is 3. The quantitative estimate of drug-likeness (QED) is 0.287. The SMILES string of the molecule is CCCCOC(=O)N1CCN(C(=O)[C@H](CCC(=O)O)NC(=O)c2cc(OCC3CCNCC3)nc(-c3ccccc3)n2)CC1. The number of hydrogen-bond acceptors (Lipinski definition) is 9. The van der Waals surface area contributed by atoms with E-state index >= 15 is 0 Å². The Bertz CT molecular complexity index is 1260. The van der Waals surface area contributed by atoms with E-state index in [1.807, 2.05) is 37.3 Å². The van der Waals surface area contributed by atoms with E-state index < -0.39 is 29.9 Å². The highest BCUT2D eigenvalue weighted by molar-refractivity contribution is 5.96. The number of benzene rings is 1. The molecule has 13 heteroatoms. The van der Waals surface area contributed by atoms with Gasteiger partial charge in [-0.25, -0.2) is 9.78 Å². The lowest BCUT2D eigenvalue weighted by Crippen LogP contribution is -2.56. The van der Waals surface area contributed by atoms with Crippen LogP contribution in [0.5, 0.6) is 5.88 Å². The smallest absolute Gasteiger partial charge is 0.409 e. The maximum absolute atomic E-state index is 13.5. The normalized spacial score (nSPS) is 16.2. The summed E-state index contributed by atoms with van der Waals surface area (Å²) >= 11 is 0. The second kappa shape index (κ2) is 16.6. The molecule has 238 valence electrons. The third-order valence-electron chi connectivity index (χ3n) is 7.72. The molecule has 1 aromatic heterocycles. The van der Waals surface area contributed by atoms with Crippen LogP contribution in [0.1, 0.15) is 55.9 Å². The summed E-state index contributed by atoms with van der Waals surface area (Å²) in [6, 6.07) is 9.54. The first-order chi connectivity index (χ1) is 21.3. The van der Waals surface area contributed by atoms with Crippen molar-refractivity contribution in [2.45, 2.75) is 51.5 Å². The van der Waals surface area contributed by atoms with Crippen molar-refractivity contribution < 1.29 is 33.8 Å². The molecule has 2 aliphatic rings. The van der Waals surface area contributed by atoms with Crippen molar-refractivity contribution in [2.75, 3.05) is 52.5 Å². The number of aliphatic carboxylic acids is 1. The number of piperazine rings is 1. The number of nitrogens with zero attached hydrogens (tertiary/aromatic N) is 4. The summed E-state index contributed by atoms with van der Waals surface area (Å²) in [6.07, 6.45) is 2.81. The fourth-order valence-corrected chi connectivity index (χ4v) is 5.07. The van der Waals surface area contributed by atoms with E-state index in [0.29, 0.717) is 30.5 Å². The molecule has 0 saturated carbocycles. The van der Waals surface area contributed by atoms with Crippen LogP contribution in [0.3, 0.4) is 0 Å². The van der Waals surface area contributed by atoms with Crippen LogP contribution >= 0.6 is 0 Å². The van der Waals surface area contributed by atoms with Crippen molar-refractivity contribution in [1.82, 2.24) is 30.4 Å². The molecule has 1 aromatic carbocycles. The number of carboxylic acids is 1.